The Morgan fingerprint density at radius 1 is 0.292 bits per heavy atom. The van der Waals surface area contributed by atoms with Crippen LogP contribution in [0.5, 0.6) is 0 Å². The number of hydrogen-bond acceptors (Lipinski definition) is 5. The molecule has 0 bridgehead atoms. The molecule has 4 heterocycles. The third-order valence-electron chi connectivity index (χ3n) is 13.0. The van der Waals surface area contributed by atoms with E-state index < -0.39 is 0 Å². The minimum Gasteiger partial charge on any atom is -0.456 e. The van der Waals surface area contributed by atoms with E-state index in [2.05, 4.69) is 174 Å². The summed E-state index contributed by atoms with van der Waals surface area (Å²) in [7, 11) is 0. The fourth-order valence-electron chi connectivity index (χ4n) is 9.89. The fraction of sp³-hybridized carbons (Fsp3) is 0. The highest BCUT2D eigenvalue weighted by atomic mass is 16.3. The van der Waals surface area contributed by atoms with Gasteiger partial charge in [0.15, 0.2) is 17.5 Å². The van der Waals surface area contributed by atoms with Crippen LogP contribution in [0.25, 0.3) is 138 Å². The monoisotopic (exact) mass is 830 g/mol. The Labute approximate surface area is 371 Å². The number of hydrogen-bond donors (Lipinski definition) is 0. The summed E-state index contributed by atoms with van der Waals surface area (Å²) in [5, 5.41) is 11.4. The molecule has 0 radical (unpaired) electrons. The molecule has 6 heteroatoms. The molecular formula is C59H34N4O2. The Bertz CT molecular complexity index is 4250. The van der Waals surface area contributed by atoms with Gasteiger partial charge in [-0.25, -0.2) is 15.0 Å². The zero-order valence-electron chi connectivity index (χ0n) is 34.7. The second kappa shape index (κ2) is 13.8. The Balaban J connectivity index is 0.937. The maximum atomic E-state index is 6.73. The van der Waals surface area contributed by atoms with Gasteiger partial charge < -0.3 is 13.4 Å². The second-order valence-electron chi connectivity index (χ2n) is 16.8. The van der Waals surface area contributed by atoms with Gasteiger partial charge in [-0.1, -0.05) is 127 Å². The van der Waals surface area contributed by atoms with Crippen molar-refractivity contribution in [3.05, 3.63) is 206 Å². The van der Waals surface area contributed by atoms with E-state index in [0.29, 0.717) is 17.5 Å². The van der Waals surface area contributed by atoms with E-state index in [1.54, 1.807) is 0 Å². The number of furan rings is 2. The molecule has 0 atom stereocenters. The zero-order chi connectivity index (χ0) is 42.6. The van der Waals surface area contributed by atoms with Crippen LogP contribution < -0.4 is 0 Å². The average Bonchev–Trinajstić information content (AvgIpc) is 4.04. The molecular weight excluding hydrogens is 797 g/mol. The van der Waals surface area contributed by atoms with Gasteiger partial charge >= 0.3 is 0 Å². The summed E-state index contributed by atoms with van der Waals surface area (Å²) in [6.07, 6.45) is 0. The summed E-state index contributed by atoms with van der Waals surface area (Å²) in [6.45, 7) is 0. The van der Waals surface area contributed by atoms with Gasteiger partial charge in [-0.2, -0.15) is 0 Å². The molecule has 65 heavy (non-hydrogen) atoms. The van der Waals surface area contributed by atoms with Crippen molar-refractivity contribution in [1.82, 2.24) is 19.5 Å². The number of nitrogens with zero attached hydrogens (tertiary/aromatic N) is 4. The molecule has 0 aliphatic rings. The average molecular weight is 831 g/mol. The lowest BCUT2D eigenvalue weighted by Gasteiger charge is -2.11. The van der Waals surface area contributed by atoms with Crippen LogP contribution in [0.1, 0.15) is 0 Å². The van der Waals surface area contributed by atoms with Crippen LogP contribution in [-0.2, 0) is 0 Å². The van der Waals surface area contributed by atoms with Gasteiger partial charge in [-0.3, -0.25) is 0 Å². The number of aromatic nitrogens is 4. The maximum Gasteiger partial charge on any atom is 0.164 e. The minimum absolute atomic E-state index is 0.556. The van der Waals surface area contributed by atoms with E-state index in [1.807, 2.05) is 36.4 Å². The predicted molar refractivity (Wildman–Crippen MR) is 265 cm³/mol. The molecule has 0 aliphatic carbocycles. The maximum absolute atomic E-state index is 6.73. The van der Waals surface area contributed by atoms with Gasteiger partial charge in [0.05, 0.1) is 11.0 Å². The number of fused-ring (bicyclic) bond motifs is 12. The zero-order valence-corrected chi connectivity index (χ0v) is 34.7. The molecule has 4 aromatic heterocycles. The first-order chi connectivity index (χ1) is 32.2. The molecule has 0 aliphatic heterocycles. The molecule has 14 aromatic rings. The summed E-state index contributed by atoms with van der Waals surface area (Å²) in [5.74, 6) is 1.71. The normalized spacial score (nSPS) is 12.0. The summed E-state index contributed by atoms with van der Waals surface area (Å²) in [6, 6.07) is 72.3. The van der Waals surface area contributed by atoms with Crippen LogP contribution in [0.15, 0.2) is 215 Å². The third-order valence-corrected chi connectivity index (χ3v) is 13.0. The molecule has 0 fully saturated rings. The van der Waals surface area contributed by atoms with E-state index in [4.69, 9.17) is 23.8 Å². The SMILES string of the molecule is c1ccc(-c2cccc(-c3nc(-c4ccc5c(c4)oc4ccc6ccc(-n7c8ccccc8c8cc9ccccc9cc87)cc6c45)nc(-c4ccc5oc6ccccc6c5c4)n3)c2)cc1. The van der Waals surface area contributed by atoms with Crippen molar-refractivity contribution in [2.75, 3.05) is 0 Å². The molecule has 0 spiro atoms. The van der Waals surface area contributed by atoms with E-state index >= 15 is 0 Å². The van der Waals surface area contributed by atoms with Gasteiger partial charge in [0.1, 0.15) is 22.3 Å². The molecule has 6 nitrogen and oxygen atoms in total. The summed E-state index contributed by atoms with van der Waals surface area (Å²) in [4.78, 5) is 15.5. The van der Waals surface area contributed by atoms with Gasteiger partial charge in [-0.05, 0) is 112 Å². The van der Waals surface area contributed by atoms with Gasteiger partial charge in [0.25, 0.3) is 0 Å². The molecule has 10 aromatic carbocycles. The highest BCUT2D eigenvalue weighted by Gasteiger charge is 2.19. The first-order valence-corrected chi connectivity index (χ1v) is 21.8. The van der Waals surface area contributed by atoms with Gasteiger partial charge in [0.2, 0.25) is 0 Å². The van der Waals surface area contributed by atoms with Crippen LogP contribution in [0, 0.1) is 0 Å². The third kappa shape index (κ3) is 5.64. The summed E-state index contributed by atoms with van der Waals surface area (Å²) < 4.78 is 15.3. The summed E-state index contributed by atoms with van der Waals surface area (Å²) in [5.41, 5.74) is 11.5. The van der Waals surface area contributed by atoms with Gasteiger partial charge in [-0.15, -0.1) is 0 Å². The lowest BCUT2D eigenvalue weighted by Crippen LogP contribution is -2.00. The number of benzene rings is 10. The highest BCUT2D eigenvalue weighted by Crippen LogP contribution is 2.40. The topological polar surface area (TPSA) is 69.9 Å². The quantitative estimate of drug-likeness (QED) is 0.173. The van der Waals surface area contributed by atoms with Gasteiger partial charge in [0, 0.05) is 54.7 Å². The Kier molecular flexibility index (Phi) is 7.59. The van der Waals surface area contributed by atoms with E-state index in [9.17, 15) is 0 Å². The lowest BCUT2D eigenvalue weighted by molar-refractivity contribution is 0.668. The van der Waals surface area contributed by atoms with Crippen LogP contribution in [0.2, 0.25) is 0 Å². The van der Waals surface area contributed by atoms with Crippen molar-refractivity contribution in [2.45, 2.75) is 0 Å². The van der Waals surface area contributed by atoms with Crippen LogP contribution in [0.4, 0.5) is 0 Å². The Morgan fingerprint density at radius 2 is 0.923 bits per heavy atom. The molecule has 0 saturated heterocycles. The first kappa shape index (κ1) is 35.7. The molecule has 0 unspecified atom stereocenters. The van der Waals surface area contributed by atoms with Crippen molar-refractivity contribution < 1.29 is 8.83 Å². The summed E-state index contributed by atoms with van der Waals surface area (Å²) >= 11 is 0. The molecule has 14 rings (SSSR count). The molecule has 0 saturated carbocycles. The fourth-order valence-corrected chi connectivity index (χ4v) is 9.89. The number of para-hydroxylation sites is 2. The lowest BCUT2D eigenvalue weighted by atomic mass is 10.0. The van der Waals surface area contributed by atoms with Crippen molar-refractivity contribution in [1.29, 1.82) is 0 Å². The minimum atomic E-state index is 0.556. The van der Waals surface area contributed by atoms with E-state index in [1.165, 1.54) is 32.6 Å². The van der Waals surface area contributed by atoms with Crippen molar-refractivity contribution in [3.63, 3.8) is 0 Å². The molecule has 0 amide bonds. The molecule has 0 N–H and O–H groups in total. The highest BCUT2D eigenvalue weighted by molar-refractivity contribution is 6.20. The van der Waals surface area contributed by atoms with Crippen LogP contribution in [-0.4, -0.2) is 19.5 Å². The standard InChI is InChI=1S/C59H34N4O2/c1-2-11-35(12-3-1)37-15-10-16-40(29-37)57-60-58(41-24-27-53-49(31-41)45-18-7-9-20-52(45)64-53)62-59(61-57)42-22-26-46-55(33-42)65-54-28-23-36-21-25-43(34-47(36)56(46)54)63-50-19-8-6-17-44(50)48-30-38-13-4-5-14-39(38)32-51(48)63/h1-34H. The van der Waals surface area contributed by atoms with Crippen LogP contribution in [0.3, 0.4) is 0 Å². The largest absolute Gasteiger partial charge is 0.456 e. The smallest absolute Gasteiger partial charge is 0.164 e. The molecule has 302 valence electrons. The number of rotatable bonds is 5. The van der Waals surface area contributed by atoms with Crippen molar-refractivity contribution >= 4 is 87.2 Å². The Morgan fingerprint density at radius 3 is 1.78 bits per heavy atom. The van der Waals surface area contributed by atoms with E-state index in [0.717, 1.165) is 88.2 Å². The van der Waals surface area contributed by atoms with Crippen molar-refractivity contribution in [2.24, 2.45) is 0 Å². The predicted octanol–water partition coefficient (Wildman–Crippen LogP) is 15.7. The van der Waals surface area contributed by atoms with Crippen LogP contribution >= 0.6 is 0 Å². The second-order valence-corrected chi connectivity index (χ2v) is 16.8. The van der Waals surface area contributed by atoms with Crippen molar-refractivity contribution in [3.8, 4) is 51.0 Å². The Hall–Kier alpha value is -8.87. The first-order valence-electron chi connectivity index (χ1n) is 21.8. The van der Waals surface area contributed by atoms with E-state index in [-0.39, 0.29) is 0 Å².